The Labute approximate surface area is 762 Å². The van der Waals surface area contributed by atoms with Gasteiger partial charge in [-0.1, -0.05) is 119 Å². The summed E-state index contributed by atoms with van der Waals surface area (Å²) in [4.78, 5) is 94.1. The summed E-state index contributed by atoms with van der Waals surface area (Å²) in [7, 11) is 9.28. The van der Waals surface area contributed by atoms with E-state index in [9.17, 15) is 24.0 Å². The molecule has 5 unspecified atom stereocenters. The number of nitrogens with one attached hydrogen (secondary N) is 1. The van der Waals surface area contributed by atoms with Crippen molar-refractivity contribution in [2.75, 3.05) is 224 Å². The normalized spacial score (nSPS) is 21.2. The number of nitrogens with zero attached hydrogens (tertiary/aromatic N) is 11. The topological polar surface area (TPSA) is 219 Å². The molecule has 1 N–H and O–H groups in total. The Morgan fingerprint density at radius 1 is 0.336 bits per heavy atom. The number of benzene rings is 5. The van der Waals surface area contributed by atoms with Gasteiger partial charge in [-0.15, -0.1) is 22.7 Å². The summed E-state index contributed by atoms with van der Waals surface area (Å²) in [5.41, 5.74) is 11.4. The number of carbonyl (C=O) groups is 5. The number of amides is 5. The fraction of sp³-hybridized carbons (Fsp3) is 0.426. The average molecular weight is 1840 g/mol. The molecule has 20 rings (SSSR count). The van der Waals surface area contributed by atoms with E-state index in [0.29, 0.717) is 72.8 Å². The first-order chi connectivity index (χ1) is 60.7. The molecule has 5 amide bonds. The van der Waals surface area contributed by atoms with E-state index in [1.165, 1.54) is 31.6 Å². The molecule has 0 spiro atoms. The van der Waals surface area contributed by atoms with Crippen LogP contribution >= 0.6 is 80.7 Å². The van der Waals surface area contributed by atoms with Crippen LogP contribution in [0.1, 0.15) is 168 Å². The zero-order valence-electron chi connectivity index (χ0n) is 71.0. The van der Waals surface area contributed by atoms with Crippen molar-refractivity contribution in [3.8, 4) is 0 Å². The van der Waals surface area contributed by atoms with Crippen LogP contribution in [0.2, 0.25) is 25.1 Å². The Hall–Kier alpha value is -9.13. The molecular formula is C94H105Cl5N12O12S2. The average Bonchev–Trinajstić information content (AvgIpc) is 1.63. The lowest BCUT2D eigenvalue weighted by Gasteiger charge is -2.27. The maximum absolute atomic E-state index is 12.8. The van der Waals surface area contributed by atoms with Crippen LogP contribution in [0, 0.1) is 0 Å². The number of furan rings is 1. The van der Waals surface area contributed by atoms with E-state index in [1.54, 1.807) is 44.4 Å². The first-order valence-corrected chi connectivity index (χ1v) is 46.5. The lowest BCUT2D eigenvalue weighted by Crippen LogP contribution is -2.36. The molecule has 5 aromatic carbocycles. The minimum atomic E-state index is -0.113. The monoisotopic (exact) mass is 1830 g/mol. The highest BCUT2D eigenvalue weighted by Gasteiger charge is 2.39. The predicted molar refractivity (Wildman–Crippen MR) is 494 cm³/mol. The molecule has 24 nitrogen and oxygen atoms in total. The Morgan fingerprint density at radius 2 is 0.696 bits per heavy atom. The molecule has 660 valence electrons. The van der Waals surface area contributed by atoms with Gasteiger partial charge < -0.3 is 86.5 Å². The molecule has 125 heavy (non-hydrogen) atoms. The number of ether oxygens (including phenoxy) is 5. The molecule has 0 aliphatic carbocycles. The van der Waals surface area contributed by atoms with Crippen molar-refractivity contribution in [3.63, 3.8) is 0 Å². The number of hydrogen-bond donors (Lipinski definition) is 1. The molecule has 10 aliphatic heterocycles. The van der Waals surface area contributed by atoms with Crippen molar-refractivity contribution in [2.45, 2.75) is 61.7 Å². The molecule has 31 heteroatoms. The lowest BCUT2D eigenvalue weighted by atomic mass is 9.89. The number of halogens is 5. The van der Waals surface area contributed by atoms with Gasteiger partial charge in [0.05, 0.1) is 86.5 Å². The van der Waals surface area contributed by atoms with Crippen molar-refractivity contribution >= 4 is 138 Å². The quantitative estimate of drug-likeness (QED) is 0.135. The number of carbonyl (C=O) groups excluding carboxylic acids is 5. The molecule has 0 saturated carbocycles. The van der Waals surface area contributed by atoms with Gasteiger partial charge in [0.2, 0.25) is 5.76 Å². The van der Waals surface area contributed by atoms with Crippen molar-refractivity contribution in [1.29, 1.82) is 0 Å². The fourth-order valence-corrected chi connectivity index (χ4v) is 20.9. The first-order valence-electron chi connectivity index (χ1n) is 43.0. The smallest absolute Gasteiger partial charge is 0.298 e. The predicted octanol–water partition coefficient (Wildman–Crippen LogP) is 17.0. The summed E-state index contributed by atoms with van der Waals surface area (Å²) in [5.74, 6) is 3.53. The van der Waals surface area contributed by atoms with Crippen LogP contribution in [0.4, 0.5) is 27.7 Å². The second kappa shape index (κ2) is 40.9. The van der Waals surface area contributed by atoms with Crippen LogP contribution in [0.5, 0.6) is 0 Å². The molecular weight excluding hydrogens is 1730 g/mol. The van der Waals surface area contributed by atoms with Gasteiger partial charge >= 0.3 is 0 Å². The number of hydrogen-bond acceptors (Lipinski definition) is 20. The van der Waals surface area contributed by atoms with E-state index in [1.807, 2.05) is 134 Å². The van der Waals surface area contributed by atoms with E-state index >= 15 is 0 Å². The van der Waals surface area contributed by atoms with Gasteiger partial charge in [-0.25, -0.2) is 0 Å². The highest BCUT2D eigenvalue weighted by molar-refractivity contribution is 7.18. The summed E-state index contributed by atoms with van der Waals surface area (Å²) in [5, 5.41) is 5.98. The second-order valence-corrected chi connectivity index (χ2v) is 37.2. The largest absolute Gasteiger partial charge is 0.435 e. The summed E-state index contributed by atoms with van der Waals surface area (Å²) < 4.78 is 39.1. The van der Waals surface area contributed by atoms with E-state index in [-0.39, 0.29) is 59.1 Å². The van der Waals surface area contributed by atoms with Crippen molar-refractivity contribution in [2.24, 2.45) is 0 Å². The van der Waals surface area contributed by atoms with E-state index in [2.05, 4.69) is 79.2 Å². The summed E-state index contributed by atoms with van der Waals surface area (Å²) in [6.45, 7) is 18.9. The van der Waals surface area contributed by atoms with Gasteiger partial charge in [-0.05, 0) is 150 Å². The van der Waals surface area contributed by atoms with Gasteiger partial charge in [-0.2, -0.15) is 4.98 Å². The lowest BCUT2D eigenvalue weighted by molar-refractivity contribution is 0.0761. The standard InChI is InChI=1S/C19H22ClN3O2.C19H21ClN2O3.2C19H21ClN2O2S.C18H20ClN3O3/c1-22-7-6-15(13-2-4-14(20)5-3-13)16-12-17(21-18(16)19(22)24)23-8-10-25-11-9-23;1-21-7-6-15(13-2-4-14(20)5-3-13)16-12-17(25-18(16)19(21)23)22-8-10-24-11-9-22;1-21-7-6-15(13-2-4-14(20)5-3-13)18-16(19(21)23)12-17(25-18)22-8-10-24-11-9-22;1-21-7-6-15(13-2-4-14(20)5-3-13)16-12-17(25-18(16)19(21)23)22-8-10-24-11-9-22;1-21-7-6-14(12-2-4-13(19)5-3-12)15-16(17(21)23)25-18(20-15)22-8-10-24-11-9-22/h2-5,12,15,21H,6-11H2,1H3;3*2-5,12,15H,6-11H2,1H3;2-5,14H,6-11H2,1H3. The number of aromatic nitrogens is 2. The van der Waals surface area contributed by atoms with Crippen LogP contribution in [-0.4, -0.2) is 263 Å². The molecule has 10 aromatic rings. The Morgan fingerprint density at radius 3 is 1.17 bits per heavy atom. The van der Waals surface area contributed by atoms with E-state index in [4.69, 9.17) is 95.5 Å². The summed E-state index contributed by atoms with van der Waals surface area (Å²) >= 11 is 33.6. The van der Waals surface area contributed by atoms with Crippen LogP contribution in [0.25, 0.3) is 0 Å². The van der Waals surface area contributed by atoms with E-state index < -0.39 is 0 Å². The number of H-pyrrole nitrogens is 1. The van der Waals surface area contributed by atoms with Crippen molar-refractivity contribution < 1.29 is 56.5 Å². The minimum absolute atomic E-state index is 0.0136. The van der Waals surface area contributed by atoms with Crippen LogP contribution in [0.15, 0.2) is 154 Å². The van der Waals surface area contributed by atoms with Gasteiger partial charge in [-0.3, -0.25) is 24.0 Å². The number of morpholine rings is 5. The molecule has 5 saturated heterocycles. The molecule has 10 aliphatic rings. The highest BCUT2D eigenvalue weighted by Crippen LogP contribution is 2.47. The van der Waals surface area contributed by atoms with Crippen LogP contribution < -0.4 is 24.5 Å². The highest BCUT2D eigenvalue weighted by atomic mass is 35.5. The van der Waals surface area contributed by atoms with Crippen LogP contribution in [0.3, 0.4) is 0 Å². The minimum Gasteiger partial charge on any atom is -0.435 e. The molecule has 5 aromatic heterocycles. The maximum atomic E-state index is 12.8. The van der Waals surface area contributed by atoms with Gasteiger partial charge in [0.25, 0.3) is 35.6 Å². The molecule has 0 bridgehead atoms. The number of anilines is 5. The number of rotatable bonds is 10. The number of oxazole rings is 1. The molecule has 0 radical (unpaired) electrons. The van der Waals surface area contributed by atoms with Crippen molar-refractivity contribution in [1.82, 2.24) is 34.5 Å². The van der Waals surface area contributed by atoms with Gasteiger partial charge in [0.1, 0.15) is 17.2 Å². The third-order valence-corrected chi connectivity index (χ3v) is 28.8. The van der Waals surface area contributed by atoms with Crippen molar-refractivity contribution in [3.05, 3.63) is 253 Å². The third-order valence-electron chi connectivity index (χ3n) is 25.0. The van der Waals surface area contributed by atoms with Gasteiger partial charge in [0.15, 0.2) is 11.6 Å². The first kappa shape index (κ1) is 89.3. The Balaban J connectivity index is 0.000000115. The summed E-state index contributed by atoms with van der Waals surface area (Å²) in [6, 6.07) is 48.6. The fourth-order valence-electron chi connectivity index (χ4n) is 17.7. The third kappa shape index (κ3) is 20.7. The zero-order valence-corrected chi connectivity index (χ0v) is 76.4. The Bertz CT molecular complexity index is 4600. The molecule has 5 fully saturated rings. The SMILES string of the molecule is CN1CCC(c2ccc(Cl)cc2)c2cc(N3CCOCC3)[nH]c2C1=O.CN1CCC(c2ccc(Cl)cc2)c2cc(N3CCOCC3)oc2C1=O.CN1CCC(c2ccc(Cl)cc2)c2cc(N3CCOCC3)sc2C1=O.CN1CCC(c2ccc(Cl)cc2)c2nc(N3CCOCC3)oc2C1=O.CN1CCC(c2ccc(Cl)cc2)c2sc(N3CCOCC3)cc2C1=O. The number of thiophene rings is 2. The molecule has 15 heterocycles. The van der Waals surface area contributed by atoms with Gasteiger partial charge in [0, 0.05) is 205 Å². The zero-order chi connectivity index (χ0) is 86.9. The summed E-state index contributed by atoms with van der Waals surface area (Å²) in [6.07, 6.45) is 4.41. The van der Waals surface area contributed by atoms with Crippen LogP contribution in [-0.2, 0) is 23.7 Å². The number of fused-ring (bicyclic) bond motifs is 5. The second-order valence-electron chi connectivity index (χ2n) is 32.9. The van der Waals surface area contributed by atoms with E-state index in [0.717, 1.165) is 228 Å². The number of aromatic amines is 1. The maximum Gasteiger partial charge on any atom is 0.298 e. The molecule has 5 atom stereocenters. The Kier molecular flexibility index (Phi) is 29.2.